The van der Waals surface area contributed by atoms with E-state index in [2.05, 4.69) is 9.72 Å². The van der Waals surface area contributed by atoms with E-state index in [4.69, 9.17) is 5.73 Å². The number of hydrogen-bond donors (Lipinski definition) is 1. The summed E-state index contributed by atoms with van der Waals surface area (Å²) < 4.78 is 43.2. The van der Waals surface area contributed by atoms with Crippen LogP contribution >= 0.6 is 9.24 Å². The van der Waals surface area contributed by atoms with Crippen molar-refractivity contribution < 1.29 is 22.7 Å². The SMILES string of the molecule is COC(=O)c1cnc(C(F)(F)P)c(F)c1N. The molecule has 1 rings (SSSR count). The third-order valence-corrected chi connectivity index (χ3v) is 2.05. The van der Waals surface area contributed by atoms with Crippen molar-refractivity contribution in [2.24, 2.45) is 0 Å². The minimum atomic E-state index is -3.55. The minimum Gasteiger partial charge on any atom is -0.465 e. The molecule has 0 aromatic carbocycles. The van der Waals surface area contributed by atoms with E-state index in [9.17, 15) is 18.0 Å². The number of esters is 1. The van der Waals surface area contributed by atoms with Crippen LogP contribution in [0.15, 0.2) is 6.20 Å². The molecule has 2 N–H and O–H groups in total. The zero-order chi connectivity index (χ0) is 12.5. The highest BCUT2D eigenvalue weighted by Gasteiger charge is 2.33. The highest BCUT2D eigenvalue weighted by Crippen LogP contribution is 2.36. The number of rotatable bonds is 2. The van der Waals surface area contributed by atoms with Crippen molar-refractivity contribution in [2.75, 3.05) is 12.8 Å². The van der Waals surface area contributed by atoms with Crippen LogP contribution in [0.4, 0.5) is 18.9 Å². The maximum absolute atomic E-state index is 13.4. The van der Waals surface area contributed by atoms with E-state index in [0.717, 1.165) is 22.5 Å². The highest BCUT2D eigenvalue weighted by molar-refractivity contribution is 7.17. The van der Waals surface area contributed by atoms with Gasteiger partial charge in [-0.25, -0.2) is 9.18 Å². The van der Waals surface area contributed by atoms with Crippen molar-refractivity contribution in [3.05, 3.63) is 23.3 Å². The molecule has 0 amide bonds. The summed E-state index contributed by atoms with van der Waals surface area (Å²) in [5.41, 5.74) is -0.587. The van der Waals surface area contributed by atoms with Crippen molar-refractivity contribution >= 4 is 20.9 Å². The first-order valence-electron chi connectivity index (χ1n) is 3.98. The highest BCUT2D eigenvalue weighted by atomic mass is 31.0. The lowest BCUT2D eigenvalue weighted by Crippen LogP contribution is -2.15. The van der Waals surface area contributed by atoms with E-state index in [1.54, 1.807) is 0 Å². The monoisotopic (exact) mass is 252 g/mol. The van der Waals surface area contributed by atoms with Crippen molar-refractivity contribution in [3.8, 4) is 0 Å². The van der Waals surface area contributed by atoms with Crippen LogP contribution in [-0.4, -0.2) is 18.1 Å². The van der Waals surface area contributed by atoms with Crippen LogP contribution in [0.2, 0.25) is 0 Å². The molecule has 0 radical (unpaired) electrons. The minimum absolute atomic E-state index is 0.391. The first-order chi connectivity index (χ1) is 7.29. The number of carbonyl (C=O) groups excluding carboxylic acids is 1. The van der Waals surface area contributed by atoms with Crippen molar-refractivity contribution in [1.82, 2.24) is 4.98 Å². The molecule has 1 unspecified atom stereocenters. The topological polar surface area (TPSA) is 65.2 Å². The Hall–Kier alpha value is -1.36. The Morgan fingerprint density at radius 1 is 1.62 bits per heavy atom. The number of methoxy groups -OCH3 is 1. The molecule has 88 valence electrons. The molecule has 1 atom stereocenters. The van der Waals surface area contributed by atoms with Gasteiger partial charge in [0.1, 0.15) is 5.56 Å². The van der Waals surface area contributed by atoms with Gasteiger partial charge in [0.25, 0.3) is 0 Å². The number of alkyl halides is 2. The maximum atomic E-state index is 13.4. The number of hydrogen-bond acceptors (Lipinski definition) is 4. The number of aromatic nitrogens is 1. The van der Waals surface area contributed by atoms with E-state index in [0.29, 0.717) is 0 Å². The van der Waals surface area contributed by atoms with Crippen LogP contribution in [0.5, 0.6) is 0 Å². The molecule has 8 heteroatoms. The molecule has 0 bridgehead atoms. The molecule has 1 aromatic rings. The molecule has 16 heavy (non-hydrogen) atoms. The Balaban J connectivity index is 3.35. The average molecular weight is 252 g/mol. The summed E-state index contributed by atoms with van der Waals surface area (Å²) in [4.78, 5) is 14.2. The van der Waals surface area contributed by atoms with Crippen LogP contribution in [0.3, 0.4) is 0 Å². The molecular weight excluding hydrogens is 244 g/mol. The molecule has 0 aliphatic rings. The fourth-order valence-electron chi connectivity index (χ4n) is 1.01. The molecule has 0 aliphatic carbocycles. The molecular formula is C8H8F3N2O2P. The predicted molar refractivity (Wildman–Crippen MR) is 53.6 cm³/mol. The van der Waals surface area contributed by atoms with Crippen molar-refractivity contribution in [1.29, 1.82) is 0 Å². The maximum Gasteiger partial charge on any atom is 0.341 e. The molecule has 4 nitrogen and oxygen atoms in total. The Kier molecular flexibility index (Phi) is 3.38. The lowest BCUT2D eigenvalue weighted by Gasteiger charge is -2.12. The third-order valence-electron chi connectivity index (χ3n) is 1.78. The quantitative estimate of drug-likeness (QED) is 0.640. The van der Waals surface area contributed by atoms with Crippen LogP contribution < -0.4 is 5.73 Å². The summed E-state index contributed by atoms with van der Waals surface area (Å²) in [7, 11) is 2.18. The second-order valence-electron chi connectivity index (χ2n) is 2.86. The number of pyridine rings is 1. The number of anilines is 1. The van der Waals surface area contributed by atoms with Gasteiger partial charge in [-0.05, 0) is 0 Å². The molecule has 0 saturated heterocycles. The lowest BCUT2D eigenvalue weighted by atomic mass is 10.2. The van der Waals surface area contributed by atoms with Crippen LogP contribution in [0, 0.1) is 5.82 Å². The van der Waals surface area contributed by atoms with Gasteiger partial charge in [0.15, 0.2) is 11.5 Å². The molecule has 1 aromatic heterocycles. The molecule has 0 fully saturated rings. The first-order valence-corrected chi connectivity index (χ1v) is 4.56. The first kappa shape index (κ1) is 12.7. The van der Waals surface area contributed by atoms with Gasteiger partial charge in [0, 0.05) is 6.20 Å². The second kappa shape index (κ2) is 4.25. The summed E-state index contributed by atoms with van der Waals surface area (Å²) in [5, 5.41) is 0. The Bertz CT molecular complexity index is 434. The van der Waals surface area contributed by atoms with E-state index in [-0.39, 0.29) is 0 Å². The van der Waals surface area contributed by atoms with Gasteiger partial charge in [-0.3, -0.25) is 4.98 Å². The van der Waals surface area contributed by atoms with Gasteiger partial charge < -0.3 is 10.5 Å². The summed E-state index contributed by atoms with van der Waals surface area (Å²) >= 11 is 0. The zero-order valence-electron chi connectivity index (χ0n) is 8.13. The number of nitrogens with zero attached hydrogens (tertiary/aromatic N) is 1. The molecule has 0 aliphatic heterocycles. The molecule has 1 heterocycles. The van der Waals surface area contributed by atoms with Gasteiger partial charge in [0.2, 0.25) is 0 Å². The van der Waals surface area contributed by atoms with E-state index in [1.807, 2.05) is 0 Å². The van der Waals surface area contributed by atoms with E-state index >= 15 is 0 Å². The fraction of sp³-hybridized carbons (Fsp3) is 0.250. The second-order valence-corrected chi connectivity index (χ2v) is 3.59. The van der Waals surface area contributed by atoms with E-state index in [1.165, 1.54) is 0 Å². The fourth-order valence-corrected chi connectivity index (χ4v) is 1.21. The standard InChI is InChI=1S/C8H8F3N2O2P/c1-15-7(14)3-2-13-6(8(10,11)16)4(9)5(3)12/h2H,16H2,1H3,(H2,12,13). The smallest absolute Gasteiger partial charge is 0.341 e. The number of nitrogens with two attached hydrogens (primary N) is 1. The average Bonchev–Trinajstić information content (AvgIpc) is 2.19. The Morgan fingerprint density at radius 2 is 2.19 bits per heavy atom. The Labute approximate surface area is 91.2 Å². The number of nitrogen functional groups attached to an aromatic ring is 1. The van der Waals surface area contributed by atoms with Crippen molar-refractivity contribution in [3.63, 3.8) is 0 Å². The summed E-state index contributed by atoms with van der Waals surface area (Å²) in [6.07, 6.45) is 0.748. The largest absolute Gasteiger partial charge is 0.465 e. The third kappa shape index (κ3) is 2.24. The van der Waals surface area contributed by atoms with Gasteiger partial charge in [0.05, 0.1) is 12.8 Å². The number of halogens is 3. The number of ether oxygens (including phenoxy) is 1. The van der Waals surface area contributed by atoms with Crippen LogP contribution in [0.1, 0.15) is 16.1 Å². The van der Waals surface area contributed by atoms with E-state index < -0.39 is 34.4 Å². The summed E-state index contributed by atoms with van der Waals surface area (Å²) in [6.45, 7) is 0. The molecule has 0 spiro atoms. The van der Waals surface area contributed by atoms with Gasteiger partial charge in [-0.15, -0.1) is 0 Å². The summed E-state index contributed by atoms with van der Waals surface area (Å²) in [6, 6.07) is 0. The van der Waals surface area contributed by atoms with Crippen molar-refractivity contribution in [2.45, 2.75) is 5.66 Å². The lowest BCUT2D eigenvalue weighted by molar-refractivity contribution is 0.0598. The van der Waals surface area contributed by atoms with Crippen LogP contribution in [-0.2, 0) is 10.4 Å². The number of carbonyl (C=O) groups is 1. The van der Waals surface area contributed by atoms with Gasteiger partial charge in [-0.1, -0.05) is 9.24 Å². The van der Waals surface area contributed by atoms with Gasteiger partial charge >= 0.3 is 11.6 Å². The van der Waals surface area contributed by atoms with Gasteiger partial charge in [-0.2, -0.15) is 8.78 Å². The van der Waals surface area contributed by atoms with Crippen LogP contribution in [0.25, 0.3) is 0 Å². The predicted octanol–water partition coefficient (Wildman–Crippen LogP) is 1.51. The molecule has 0 saturated carbocycles. The summed E-state index contributed by atoms with van der Waals surface area (Å²) in [5.74, 6) is -2.37. The zero-order valence-corrected chi connectivity index (χ0v) is 9.28. The Morgan fingerprint density at radius 3 is 2.62 bits per heavy atom. The normalized spacial score (nSPS) is 11.3.